The molecule has 0 amide bonds. The van der Waals surface area contributed by atoms with Gasteiger partial charge in [0.05, 0.1) is 11.9 Å². The number of unbranched alkanes of at least 4 members (excludes halogenated alkanes) is 2. The highest BCUT2D eigenvalue weighted by atomic mass is 16.1. The normalized spacial score (nSPS) is 10.8. The lowest BCUT2D eigenvalue weighted by molar-refractivity contribution is -0.107. The van der Waals surface area contributed by atoms with Gasteiger partial charge in [0.2, 0.25) is 0 Å². The summed E-state index contributed by atoms with van der Waals surface area (Å²) in [4.78, 5) is 10.1. The van der Waals surface area contributed by atoms with Gasteiger partial charge in [0.15, 0.2) is 0 Å². The summed E-state index contributed by atoms with van der Waals surface area (Å²) < 4.78 is 1.93. The number of nitrogens with zero attached hydrogens (tertiary/aromatic N) is 3. The smallest absolute Gasteiger partial charge is 0.119 e. The number of hydrogen-bond acceptors (Lipinski definition) is 3. The highest BCUT2D eigenvalue weighted by Gasteiger charge is 2.06. The van der Waals surface area contributed by atoms with Crippen LogP contribution in [0.15, 0.2) is 6.20 Å². The van der Waals surface area contributed by atoms with E-state index in [2.05, 4.69) is 24.2 Å². The molecule has 0 unspecified atom stereocenters. The number of carbonyl (C=O) groups is 1. The van der Waals surface area contributed by atoms with E-state index in [1.165, 1.54) is 0 Å². The summed E-state index contributed by atoms with van der Waals surface area (Å²) in [7, 11) is 0. The standard InChI is InChI=1S/C10H17N3O/c1-9(2)10-8-11-12-13(10)6-4-3-5-7-14/h7-9H,3-6H2,1-2H3. The first-order valence-corrected chi connectivity index (χ1v) is 5.07. The lowest BCUT2D eigenvalue weighted by Gasteiger charge is -2.07. The average molecular weight is 195 g/mol. The molecule has 1 aromatic rings. The molecule has 0 aromatic carbocycles. The lowest BCUT2D eigenvalue weighted by atomic mass is 10.1. The van der Waals surface area contributed by atoms with Gasteiger partial charge in [-0.15, -0.1) is 5.10 Å². The number of carbonyl (C=O) groups excluding carboxylic acids is 1. The van der Waals surface area contributed by atoms with Crippen LogP contribution in [0.5, 0.6) is 0 Å². The largest absolute Gasteiger partial charge is 0.303 e. The predicted molar refractivity (Wildman–Crippen MR) is 54.0 cm³/mol. The number of rotatable bonds is 6. The van der Waals surface area contributed by atoms with Gasteiger partial charge in [0.25, 0.3) is 0 Å². The molecule has 0 aliphatic heterocycles. The summed E-state index contributed by atoms with van der Waals surface area (Å²) in [6.07, 6.45) is 5.34. The highest BCUT2D eigenvalue weighted by molar-refractivity contribution is 5.48. The molecule has 14 heavy (non-hydrogen) atoms. The Morgan fingerprint density at radius 3 is 2.93 bits per heavy atom. The van der Waals surface area contributed by atoms with Crippen LogP contribution in [0.25, 0.3) is 0 Å². The summed E-state index contributed by atoms with van der Waals surface area (Å²) in [5, 5.41) is 7.90. The molecule has 0 N–H and O–H groups in total. The molecule has 4 nitrogen and oxygen atoms in total. The maximum absolute atomic E-state index is 10.1. The maximum atomic E-state index is 10.1. The molecule has 0 saturated carbocycles. The quantitative estimate of drug-likeness (QED) is 0.513. The Bertz CT molecular complexity index is 281. The van der Waals surface area contributed by atoms with Crippen molar-refractivity contribution in [3.05, 3.63) is 11.9 Å². The molecule has 78 valence electrons. The summed E-state index contributed by atoms with van der Waals surface area (Å²) in [5.41, 5.74) is 1.16. The second-order valence-corrected chi connectivity index (χ2v) is 3.70. The first kappa shape index (κ1) is 10.9. The minimum absolute atomic E-state index is 0.455. The molecule has 0 atom stereocenters. The van der Waals surface area contributed by atoms with Crippen molar-refractivity contribution in [3.63, 3.8) is 0 Å². The number of aromatic nitrogens is 3. The fourth-order valence-corrected chi connectivity index (χ4v) is 1.38. The first-order chi connectivity index (χ1) is 6.75. The van der Waals surface area contributed by atoms with Crippen LogP contribution in [0.2, 0.25) is 0 Å². The van der Waals surface area contributed by atoms with Gasteiger partial charge in [-0.25, -0.2) is 4.68 Å². The van der Waals surface area contributed by atoms with Crippen LogP contribution < -0.4 is 0 Å². The van der Waals surface area contributed by atoms with Gasteiger partial charge in [-0.2, -0.15) is 0 Å². The van der Waals surface area contributed by atoms with E-state index in [0.717, 1.165) is 31.4 Å². The molecular weight excluding hydrogens is 178 g/mol. The second-order valence-electron chi connectivity index (χ2n) is 3.70. The fraction of sp³-hybridized carbons (Fsp3) is 0.700. The van der Waals surface area contributed by atoms with Crippen molar-refractivity contribution in [1.82, 2.24) is 15.0 Å². The van der Waals surface area contributed by atoms with Gasteiger partial charge in [0.1, 0.15) is 6.29 Å². The van der Waals surface area contributed by atoms with Crippen LogP contribution >= 0.6 is 0 Å². The number of aryl methyl sites for hydroxylation is 1. The van der Waals surface area contributed by atoms with Gasteiger partial charge < -0.3 is 4.79 Å². The minimum Gasteiger partial charge on any atom is -0.303 e. The third kappa shape index (κ3) is 2.94. The van der Waals surface area contributed by atoms with Crippen molar-refractivity contribution in [2.24, 2.45) is 0 Å². The molecule has 4 heteroatoms. The Balaban J connectivity index is 2.41. The lowest BCUT2D eigenvalue weighted by Crippen LogP contribution is -2.06. The summed E-state index contributed by atoms with van der Waals surface area (Å²) in [5.74, 6) is 0.455. The van der Waals surface area contributed by atoms with Crippen molar-refractivity contribution in [1.29, 1.82) is 0 Å². The van der Waals surface area contributed by atoms with Crippen molar-refractivity contribution in [2.45, 2.75) is 45.6 Å². The van der Waals surface area contributed by atoms with E-state index in [9.17, 15) is 4.79 Å². The second kappa shape index (κ2) is 5.52. The van der Waals surface area contributed by atoms with E-state index in [0.29, 0.717) is 12.3 Å². The van der Waals surface area contributed by atoms with Gasteiger partial charge in [-0.3, -0.25) is 0 Å². The van der Waals surface area contributed by atoms with E-state index in [-0.39, 0.29) is 0 Å². The molecule has 1 heterocycles. The van der Waals surface area contributed by atoms with Gasteiger partial charge in [-0.05, 0) is 18.8 Å². The van der Waals surface area contributed by atoms with E-state index in [4.69, 9.17) is 0 Å². The highest BCUT2D eigenvalue weighted by Crippen LogP contribution is 2.12. The summed E-state index contributed by atoms with van der Waals surface area (Å²) >= 11 is 0. The average Bonchev–Trinajstić information content (AvgIpc) is 2.60. The maximum Gasteiger partial charge on any atom is 0.119 e. The van der Waals surface area contributed by atoms with Crippen LogP contribution in [0.3, 0.4) is 0 Å². The third-order valence-corrected chi connectivity index (χ3v) is 2.18. The van der Waals surface area contributed by atoms with E-state index in [1.807, 2.05) is 10.9 Å². The monoisotopic (exact) mass is 195 g/mol. The number of hydrogen-bond donors (Lipinski definition) is 0. The SMILES string of the molecule is CC(C)c1cnnn1CCCCC=O. The molecule has 0 bridgehead atoms. The molecule has 0 spiro atoms. The molecule has 0 fully saturated rings. The zero-order valence-electron chi connectivity index (χ0n) is 8.81. The van der Waals surface area contributed by atoms with Crippen LogP contribution in [0.4, 0.5) is 0 Å². The van der Waals surface area contributed by atoms with Crippen LogP contribution in [0.1, 0.15) is 44.7 Å². The van der Waals surface area contributed by atoms with Gasteiger partial charge in [-0.1, -0.05) is 19.1 Å². The molecule has 0 aliphatic rings. The summed E-state index contributed by atoms with van der Waals surface area (Å²) in [6.45, 7) is 5.11. The molecule has 0 aliphatic carbocycles. The Hall–Kier alpha value is -1.19. The number of aldehydes is 1. The van der Waals surface area contributed by atoms with Crippen LogP contribution in [-0.2, 0) is 11.3 Å². The molecule has 1 rings (SSSR count). The van der Waals surface area contributed by atoms with E-state index < -0.39 is 0 Å². The third-order valence-electron chi connectivity index (χ3n) is 2.18. The predicted octanol–water partition coefficient (Wildman–Crippen LogP) is 1.77. The molecule has 0 radical (unpaired) electrons. The van der Waals surface area contributed by atoms with Crippen LogP contribution in [-0.4, -0.2) is 21.3 Å². The molecule has 1 aromatic heterocycles. The zero-order chi connectivity index (χ0) is 10.4. The van der Waals surface area contributed by atoms with Crippen molar-refractivity contribution >= 4 is 6.29 Å². The first-order valence-electron chi connectivity index (χ1n) is 5.07. The van der Waals surface area contributed by atoms with Crippen molar-refractivity contribution in [2.75, 3.05) is 0 Å². The minimum atomic E-state index is 0.455. The Morgan fingerprint density at radius 1 is 1.50 bits per heavy atom. The fourth-order valence-electron chi connectivity index (χ4n) is 1.38. The van der Waals surface area contributed by atoms with Crippen molar-refractivity contribution < 1.29 is 4.79 Å². The Morgan fingerprint density at radius 2 is 2.29 bits per heavy atom. The van der Waals surface area contributed by atoms with Crippen LogP contribution in [0, 0.1) is 0 Å². The van der Waals surface area contributed by atoms with E-state index in [1.54, 1.807) is 0 Å². The Kier molecular flexibility index (Phi) is 4.29. The Labute approximate surface area is 84.3 Å². The van der Waals surface area contributed by atoms with E-state index >= 15 is 0 Å². The topological polar surface area (TPSA) is 47.8 Å². The van der Waals surface area contributed by atoms with Gasteiger partial charge >= 0.3 is 0 Å². The summed E-state index contributed by atoms with van der Waals surface area (Å²) in [6, 6.07) is 0. The van der Waals surface area contributed by atoms with Gasteiger partial charge in [0, 0.05) is 13.0 Å². The molecule has 0 saturated heterocycles. The zero-order valence-corrected chi connectivity index (χ0v) is 8.81. The molecular formula is C10H17N3O. The van der Waals surface area contributed by atoms with Crippen molar-refractivity contribution in [3.8, 4) is 0 Å².